The minimum Gasteiger partial charge on any atom is -0.379 e. The first-order chi connectivity index (χ1) is 12.9. The van der Waals surface area contributed by atoms with Crippen molar-refractivity contribution in [1.82, 2.24) is 14.7 Å². The number of piperazine rings is 1. The van der Waals surface area contributed by atoms with Crippen LogP contribution in [0, 0.1) is 11.6 Å². The lowest BCUT2D eigenvalue weighted by molar-refractivity contribution is -0.160. The van der Waals surface area contributed by atoms with Gasteiger partial charge < -0.3 is 14.9 Å². The molecule has 1 N–H and O–H groups in total. The van der Waals surface area contributed by atoms with Crippen molar-refractivity contribution >= 4 is 5.91 Å². The van der Waals surface area contributed by atoms with E-state index in [2.05, 4.69) is 16.7 Å². The van der Waals surface area contributed by atoms with Gasteiger partial charge in [0.05, 0.1) is 0 Å². The number of hydrogen-bond acceptors (Lipinski definition) is 4. The van der Waals surface area contributed by atoms with Crippen LogP contribution < -0.4 is 0 Å². The van der Waals surface area contributed by atoms with Gasteiger partial charge in [0.2, 0.25) is 0 Å². The van der Waals surface area contributed by atoms with Gasteiger partial charge >= 0.3 is 0 Å². The number of halogens is 2. The molecule has 7 heteroatoms. The third kappa shape index (κ3) is 4.65. The highest BCUT2D eigenvalue weighted by atomic mass is 19.2. The number of carbonyl (C=O) groups excluding carboxylic acids is 1. The smallest absolute Gasteiger partial charge is 0.256 e. The summed E-state index contributed by atoms with van der Waals surface area (Å²) in [6.45, 7) is 7.50. The molecule has 2 heterocycles. The molecule has 1 atom stereocenters. The molecule has 2 aliphatic heterocycles. The Morgan fingerprint density at radius 3 is 2.52 bits per heavy atom. The third-order valence-electron chi connectivity index (χ3n) is 5.59. The van der Waals surface area contributed by atoms with E-state index in [-0.39, 0.29) is 18.0 Å². The molecule has 150 valence electrons. The Morgan fingerprint density at radius 2 is 1.81 bits per heavy atom. The van der Waals surface area contributed by atoms with Crippen LogP contribution in [0.5, 0.6) is 0 Å². The first-order valence-corrected chi connectivity index (χ1v) is 9.82. The summed E-state index contributed by atoms with van der Waals surface area (Å²) < 4.78 is 27.4. The molecule has 1 aromatic carbocycles. The van der Waals surface area contributed by atoms with E-state index in [1.54, 1.807) is 0 Å². The molecule has 2 fully saturated rings. The molecule has 0 radical (unpaired) electrons. The van der Waals surface area contributed by atoms with Gasteiger partial charge in [-0.3, -0.25) is 9.69 Å². The molecular formula is C20H29F2N3O2. The van der Waals surface area contributed by atoms with Crippen molar-refractivity contribution in [2.45, 2.75) is 38.3 Å². The van der Waals surface area contributed by atoms with Gasteiger partial charge in [-0.25, -0.2) is 8.78 Å². The average Bonchev–Trinajstić information content (AvgIpc) is 2.65. The van der Waals surface area contributed by atoms with Crippen molar-refractivity contribution in [2.24, 2.45) is 0 Å². The van der Waals surface area contributed by atoms with Gasteiger partial charge in [0.25, 0.3) is 5.91 Å². The Morgan fingerprint density at radius 1 is 1.11 bits per heavy atom. The number of benzene rings is 1. The Kier molecular flexibility index (Phi) is 6.44. The van der Waals surface area contributed by atoms with Crippen LogP contribution in [0.4, 0.5) is 8.78 Å². The molecule has 0 saturated carbocycles. The molecule has 0 bridgehead atoms. The number of piperidine rings is 1. The molecule has 3 rings (SSSR count). The first-order valence-electron chi connectivity index (χ1n) is 9.82. The molecule has 0 aromatic heterocycles. The van der Waals surface area contributed by atoms with Gasteiger partial charge in [-0.05, 0) is 31.9 Å². The number of likely N-dealkylation sites (tertiary alicyclic amines) is 1. The van der Waals surface area contributed by atoms with Gasteiger partial charge in [-0.15, -0.1) is 0 Å². The second kappa shape index (κ2) is 8.63. The first kappa shape index (κ1) is 20.2. The standard InChI is InChI=1S/C20H29F2N3O2/c1-2-8-23-10-12-24(13-11-23)15-20(27)7-4-9-25(19(20)26)14-16-5-3-6-17(21)18(16)22/h3,5-6,27H,2,4,7-15H2,1H3/t20-/m1/s1. The lowest BCUT2D eigenvalue weighted by Gasteiger charge is -2.43. The molecule has 1 aromatic rings. The van der Waals surface area contributed by atoms with E-state index < -0.39 is 17.2 Å². The second-order valence-corrected chi connectivity index (χ2v) is 7.69. The molecule has 0 spiro atoms. The minimum atomic E-state index is -1.45. The van der Waals surface area contributed by atoms with E-state index >= 15 is 0 Å². The normalized spacial score (nSPS) is 25.2. The number of amides is 1. The highest BCUT2D eigenvalue weighted by Gasteiger charge is 2.43. The Labute approximate surface area is 159 Å². The van der Waals surface area contributed by atoms with Crippen LogP contribution in [0.3, 0.4) is 0 Å². The Bertz CT molecular complexity index is 665. The fraction of sp³-hybridized carbons (Fsp3) is 0.650. The molecule has 0 aliphatic carbocycles. The lowest BCUT2D eigenvalue weighted by Crippen LogP contribution is -2.60. The molecule has 2 aliphatic rings. The summed E-state index contributed by atoms with van der Waals surface area (Å²) in [6.07, 6.45) is 2.17. The summed E-state index contributed by atoms with van der Waals surface area (Å²) in [5, 5.41) is 11.0. The Hall–Kier alpha value is -1.57. The van der Waals surface area contributed by atoms with Crippen molar-refractivity contribution < 1.29 is 18.7 Å². The van der Waals surface area contributed by atoms with Crippen LogP contribution in [0.25, 0.3) is 0 Å². The quantitative estimate of drug-likeness (QED) is 0.817. The number of nitrogens with zero attached hydrogens (tertiary/aromatic N) is 3. The SMILES string of the molecule is CCCN1CCN(C[C@]2(O)CCCN(Cc3cccc(F)c3F)C2=O)CC1. The molecule has 27 heavy (non-hydrogen) atoms. The van der Waals surface area contributed by atoms with Crippen molar-refractivity contribution in [3.05, 3.63) is 35.4 Å². The van der Waals surface area contributed by atoms with Crippen molar-refractivity contribution in [3.63, 3.8) is 0 Å². The number of β-amino-alcohol motifs (C(OH)–C–C–N with tert-alkyl or cyclic N) is 1. The predicted molar refractivity (Wildman–Crippen MR) is 99.1 cm³/mol. The van der Waals surface area contributed by atoms with Gasteiger partial charge in [-0.1, -0.05) is 19.1 Å². The summed E-state index contributed by atoms with van der Waals surface area (Å²) in [5.74, 6) is -2.22. The fourth-order valence-corrected chi connectivity index (χ4v) is 4.10. The van der Waals surface area contributed by atoms with Crippen LogP contribution in [-0.2, 0) is 11.3 Å². The maximum Gasteiger partial charge on any atom is 0.256 e. The fourth-order valence-electron chi connectivity index (χ4n) is 4.10. The van der Waals surface area contributed by atoms with E-state index in [1.165, 1.54) is 17.0 Å². The second-order valence-electron chi connectivity index (χ2n) is 7.69. The minimum absolute atomic E-state index is 0.0188. The third-order valence-corrected chi connectivity index (χ3v) is 5.59. The van der Waals surface area contributed by atoms with Crippen LogP contribution in [-0.4, -0.2) is 77.1 Å². The number of aliphatic hydroxyl groups is 1. The molecule has 0 unspecified atom stereocenters. The number of rotatable bonds is 6. The van der Waals surface area contributed by atoms with E-state index in [4.69, 9.17) is 0 Å². The summed E-state index contributed by atoms with van der Waals surface area (Å²) in [4.78, 5) is 18.9. The molecule has 5 nitrogen and oxygen atoms in total. The van der Waals surface area contributed by atoms with Gasteiger partial charge in [0, 0.05) is 51.4 Å². The zero-order chi connectivity index (χ0) is 19.4. The van der Waals surface area contributed by atoms with E-state index in [0.29, 0.717) is 25.9 Å². The van der Waals surface area contributed by atoms with Crippen LogP contribution in [0.2, 0.25) is 0 Å². The average molecular weight is 381 g/mol. The van der Waals surface area contributed by atoms with Crippen molar-refractivity contribution in [3.8, 4) is 0 Å². The largest absolute Gasteiger partial charge is 0.379 e. The zero-order valence-electron chi connectivity index (χ0n) is 16.0. The summed E-state index contributed by atoms with van der Waals surface area (Å²) in [7, 11) is 0. The van der Waals surface area contributed by atoms with Crippen molar-refractivity contribution in [1.29, 1.82) is 0 Å². The van der Waals surface area contributed by atoms with Crippen molar-refractivity contribution in [2.75, 3.05) is 45.8 Å². The summed E-state index contributed by atoms with van der Waals surface area (Å²) >= 11 is 0. The van der Waals surface area contributed by atoms with Gasteiger partial charge in [0.15, 0.2) is 17.2 Å². The Balaban J connectivity index is 1.62. The maximum absolute atomic E-state index is 14.0. The van der Waals surface area contributed by atoms with E-state index in [0.717, 1.165) is 45.2 Å². The van der Waals surface area contributed by atoms with Gasteiger partial charge in [0.1, 0.15) is 0 Å². The van der Waals surface area contributed by atoms with E-state index in [9.17, 15) is 18.7 Å². The molecule has 1 amide bonds. The predicted octanol–water partition coefficient (Wildman–Crippen LogP) is 1.85. The van der Waals surface area contributed by atoms with Crippen LogP contribution >= 0.6 is 0 Å². The van der Waals surface area contributed by atoms with E-state index in [1.807, 2.05) is 0 Å². The number of carbonyl (C=O) groups is 1. The van der Waals surface area contributed by atoms with Gasteiger partial charge in [-0.2, -0.15) is 0 Å². The maximum atomic E-state index is 14.0. The van der Waals surface area contributed by atoms with Crippen LogP contribution in [0.1, 0.15) is 31.7 Å². The zero-order valence-corrected chi connectivity index (χ0v) is 16.0. The molecule has 2 saturated heterocycles. The highest BCUT2D eigenvalue weighted by molar-refractivity contribution is 5.86. The monoisotopic (exact) mass is 381 g/mol. The topological polar surface area (TPSA) is 47.0 Å². The summed E-state index contributed by atoms with van der Waals surface area (Å²) in [5.41, 5.74) is -1.31. The highest BCUT2D eigenvalue weighted by Crippen LogP contribution is 2.26. The number of hydrogen-bond donors (Lipinski definition) is 1. The van der Waals surface area contributed by atoms with Crippen LogP contribution in [0.15, 0.2) is 18.2 Å². The summed E-state index contributed by atoms with van der Waals surface area (Å²) in [6, 6.07) is 3.97. The molecular weight excluding hydrogens is 352 g/mol. The lowest BCUT2D eigenvalue weighted by atomic mass is 9.90.